The van der Waals surface area contributed by atoms with E-state index in [1.807, 2.05) is 39.0 Å². The van der Waals surface area contributed by atoms with E-state index in [2.05, 4.69) is 25.9 Å². The lowest BCUT2D eigenvalue weighted by Crippen LogP contribution is -2.30. The number of aryl methyl sites for hydroxylation is 3. The average Bonchev–Trinajstić information content (AvgIpc) is 3.03. The number of hydrogen-bond acceptors (Lipinski definition) is 5. The van der Waals surface area contributed by atoms with Crippen molar-refractivity contribution in [2.24, 2.45) is 0 Å². The Morgan fingerprint density at radius 2 is 1.72 bits per heavy atom. The van der Waals surface area contributed by atoms with Crippen molar-refractivity contribution in [3.8, 4) is 5.82 Å². The first-order valence-corrected chi connectivity index (χ1v) is 9.42. The summed E-state index contributed by atoms with van der Waals surface area (Å²) < 4.78 is 1.69. The van der Waals surface area contributed by atoms with Gasteiger partial charge in [-0.05, 0) is 57.2 Å². The molecule has 0 atom stereocenters. The maximum atomic E-state index is 12.5. The third kappa shape index (κ3) is 3.90. The number of benzene rings is 2. The SMILES string of the molecule is Cc1ccc(C(=O)NNc2nc3cc(Cl)ccc3nc2-n2nc(C)cc2C)cc1. The first-order valence-electron chi connectivity index (χ1n) is 9.05. The van der Waals surface area contributed by atoms with Crippen LogP contribution >= 0.6 is 11.6 Å². The Labute approximate surface area is 172 Å². The van der Waals surface area contributed by atoms with Crippen LogP contribution in [-0.4, -0.2) is 25.7 Å². The zero-order chi connectivity index (χ0) is 20.5. The van der Waals surface area contributed by atoms with Crippen LogP contribution < -0.4 is 10.9 Å². The zero-order valence-corrected chi connectivity index (χ0v) is 16.9. The van der Waals surface area contributed by atoms with Crippen LogP contribution in [0.15, 0.2) is 48.5 Å². The van der Waals surface area contributed by atoms with Gasteiger partial charge in [0.05, 0.1) is 16.7 Å². The van der Waals surface area contributed by atoms with Crippen molar-refractivity contribution in [2.75, 3.05) is 5.43 Å². The van der Waals surface area contributed by atoms with Gasteiger partial charge in [-0.15, -0.1) is 0 Å². The molecule has 2 aromatic carbocycles. The quantitative estimate of drug-likeness (QED) is 0.497. The summed E-state index contributed by atoms with van der Waals surface area (Å²) in [7, 11) is 0. The Bertz CT molecular complexity index is 1220. The van der Waals surface area contributed by atoms with Crippen LogP contribution in [0.3, 0.4) is 0 Å². The van der Waals surface area contributed by atoms with Crippen LogP contribution in [0.5, 0.6) is 0 Å². The first kappa shape index (κ1) is 18.9. The number of anilines is 1. The molecule has 7 nitrogen and oxygen atoms in total. The third-order valence-electron chi connectivity index (χ3n) is 4.43. The van der Waals surface area contributed by atoms with Gasteiger partial charge in [-0.2, -0.15) is 5.10 Å². The number of halogens is 1. The van der Waals surface area contributed by atoms with Crippen LogP contribution in [0.4, 0.5) is 5.82 Å². The smallest absolute Gasteiger partial charge is 0.269 e. The second-order valence-corrected chi connectivity index (χ2v) is 7.25. The topological polar surface area (TPSA) is 84.7 Å². The summed E-state index contributed by atoms with van der Waals surface area (Å²) >= 11 is 6.10. The molecule has 2 heterocycles. The highest BCUT2D eigenvalue weighted by Crippen LogP contribution is 2.23. The Morgan fingerprint density at radius 1 is 0.966 bits per heavy atom. The second-order valence-electron chi connectivity index (χ2n) is 6.81. The molecule has 4 rings (SSSR count). The van der Waals surface area contributed by atoms with Gasteiger partial charge in [0.25, 0.3) is 5.91 Å². The molecule has 8 heteroatoms. The van der Waals surface area contributed by atoms with E-state index in [1.54, 1.807) is 35.0 Å². The molecule has 0 saturated heterocycles. The minimum atomic E-state index is -0.280. The summed E-state index contributed by atoms with van der Waals surface area (Å²) in [5, 5.41) is 5.05. The fraction of sp³-hybridized carbons (Fsp3) is 0.143. The highest BCUT2D eigenvalue weighted by Gasteiger charge is 2.15. The maximum Gasteiger partial charge on any atom is 0.269 e. The van der Waals surface area contributed by atoms with Crippen molar-refractivity contribution in [3.63, 3.8) is 0 Å². The summed E-state index contributed by atoms with van der Waals surface area (Å²) in [5.41, 5.74) is 10.2. The molecule has 0 aliphatic carbocycles. The van der Waals surface area contributed by atoms with Crippen molar-refractivity contribution in [3.05, 3.63) is 76.1 Å². The lowest BCUT2D eigenvalue weighted by atomic mass is 10.1. The molecular formula is C21H19ClN6O. The number of nitrogens with one attached hydrogen (secondary N) is 2. The number of carbonyl (C=O) groups excluding carboxylic acids is 1. The van der Waals surface area contributed by atoms with E-state index < -0.39 is 0 Å². The van der Waals surface area contributed by atoms with Crippen molar-refractivity contribution < 1.29 is 4.79 Å². The van der Waals surface area contributed by atoms with Crippen molar-refractivity contribution >= 4 is 34.4 Å². The van der Waals surface area contributed by atoms with Gasteiger partial charge in [0.15, 0.2) is 11.6 Å². The minimum absolute atomic E-state index is 0.280. The van der Waals surface area contributed by atoms with Crippen LogP contribution in [0.2, 0.25) is 5.02 Å². The summed E-state index contributed by atoms with van der Waals surface area (Å²) in [6.07, 6.45) is 0. The molecule has 0 unspecified atom stereocenters. The number of nitrogens with zero attached hydrogens (tertiary/aromatic N) is 4. The highest BCUT2D eigenvalue weighted by atomic mass is 35.5. The van der Waals surface area contributed by atoms with Crippen molar-refractivity contribution in [1.29, 1.82) is 0 Å². The van der Waals surface area contributed by atoms with E-state index in [1.165, 1.54) is 0 Å². The molecule has 0 spiro atoms. The van der Waals surface area contributed by atoms with Gasteiger partial charge in [0.1, 0.15) is 0 Å². The van der Waals surface area contributed by atoms with E-state index in [0.29, 0.717) is 33.3 Å². The molecule has 2 aromatic heterocycles. The fourth-order valence-electron chi connectivity index (χ4n) is 2.99. The van der Waals surface area contributed by atoms with E-state index in [-0.39, 0.29) is 5.91 Å². The Balaban J connectivity index is 1.72. The van der Waals surface area contributed by atoms with Crippen LogP contribution in [0.1, 0.15) is 27.3 Å². The first-order chi connectivity index (χ1) is 13.9. The molecule has 29 heavy (non-hydrogen) atoms. The predicted molar refractivity (Wildman–Crippen MR) is 113 cm³/mol. The second kappa shape index (κ2) is 7.52. The molecule has 0 bridgehead atoms. The van der Waals surface area contributed by atoms with Gasteiger partial charge in [-0.25, -0.2) is 14.6 Å². The number of hydrazine groups is 1. The normalized spacial score (nSPS) is 10.9. The van der Waals surface area contributed by atoms with Crippen molar-refractivity contribution in [2.45, 2.75) is 20.8 Å². The highest BCUT2D eigenvalue weighted by molar-refractivity contribution is 6.31. The minimum Gasteiger partial charge on any atom is -0.278 e. The summed E-state index contributed by atoms with van der Waals surface area (Å²) in [5.74, 6) is 0.568. The largest absolute Gasteiger partial charge is 0.278 e. The third-order valence-corrected chi connectivity index (χ3v) is 4.66. The lowest BCUT2D eigenvalue weighted by Gasteiger charge is -2.14. The van der Waals surface area contributed by atoms with Gasteiger partial charge in [0.2, 0.25) is 0 Å². The van der Waals surface area contributed by atoms with Gasteiger partial charge >= 0.3 is 0 Å². The van der Waals surface area contributed by atoms with Gasteiger partial charge < -0.3 is 0 Å². The van der Waals surface area contributed by atoms with Crippen LogP contribution in [-0.2, 0) is 0 Å². The fourth-order valence-corrected chi connectivity index (χ4v) is 3.15. The molecule has 4 aromatic rings. The lowest BCUT2D eigenvalue weighted by molar-refractivity contribution is 0.0962. The van der Waals surface area contributed by atoms with Crippen LogP contribution in [0.25, 0.3) is 16.9 Å². The Hall–Kier alpha value is -3.45. The maximum absolute atomic E-state index is 12.5. The number of amides is 1. The molecule has 0 fully saturated rings. The summed E-state index contributed by atoms with van der Waals surface area (Å²) in [6.45, 7) is 5.81. The number of rotatable bonds is 4. The Morgan fingerprint density at radius 3 is 2.41 bits per heavy atom. The Kier molecular flexibility index (Phi) is 4.90. The molecule has 0 aliphatic heterocycles. The van der Waals surface area contributed by atoms with Gasteiger partial charge in [0, 0.05) is 16.3 Å². The number of hydrogen-bond donors (Lipinski definition) is 2. The number of fused-ring (bicyclic) bond motifs is 1. The summed E-state index contributed by atoms with van der Waals surface area (Å²) in [4.78, 5) is 21.8. The van der Waals surface area contributed by atoms with E-state index in [4.69, 9.17) is 11.6 Å². The standard InChI is InChI=1S/C21H19ClN6O/c1-12-4-6-15(7-5-12)21(29)26-25-19-20(28-14(3)10-13(2)27-28)24-17-9-8-16(22)11-18(17)23-19/h4-11H,1-3H3,(H,23,25)(H,26,29). The predicted octanol–water partition coefficient (Wildman–Crippen LogP) is 4.15. The van der Waals surface area contributed by atoms with E-state index >= 15 is 0 Å². The van der Waals surface area contributed by atoms with Gasteiger partial charge in [-0.1, -0.05) is 29.3 Å². The van der Waals surface area contributed by atoms with Gasteiger partial charge in [-0.3, -0.25) is 15.6 Å². The average molecular weight is 407 g/mol. The molecule has 146 valence electrons. The van der Waals surface area contributed by atoms with Crippen molar-refractivity contribution in [1.82, 2.24) is 25.2 Å². The zero-order valence-electron chi connectivity index (χ0n) is 16.2. The molecule has 0 aliphatic rings. The number of carbonyl (C=O) groups is 1. The summed E-state index contributed by atoms with van der Waals surface area (Å²) in [6, 6.07) is 14.5. The van der Waals surface area contributed by atoms with E-state index in [9.17, 15) is 4.79 Å². The molecular weight excluding hydrogens is 388 g/mol. The number of aromatic nitrogens is 4. The molecule has 1 amide bonds. The molecule has 0 radical (unpaired) electrons. The molecule has 0 saturated carbocycles. The van der Waals surface area contributed by atoms with E-state index in [0.717, 1.165) is 17.0 Å². The molecule has 2 N–H and O–H groups in total. The monoisotopic (exact) mass is 406 g/mol. The van der Waals surface area contributed by atoms with Crippen LogP contribution in [0, 0.1) is 20.8 Å².